The second-order valence-corrected chi connectivity index (χ2v) is 4.11. The van der Waals surface area contributed by atoms with E-state index >= 15 is 0 Å². The molecule has 78 valence electrons. The van der Waals surface area contributed by atoms with Gasteiger partial charge in [0.2, 0.25) is 0 Å². The third-order valence-corrected chi connectivity index (χ3v) is 3.17. The Hall–Kier alpha value is -1.32. The molecule has 2 unspecified atom stereocenters. The molecule has 1 aromatic rings. The number of fused-ring (bicyclic) bond motifs is 3. The van der Waals surface area contributed by atoms with Crippen molar-refractivity contribution >= 4 is 5.78 Å². The van der Waals surface area contributed by atoms with E-state index in [1.165, 1.54) is 6.07 Å². The molecule has 1 aromatic carbocycles. The molecule has 0 aliphatic heterocycles. The first-order valence-electron chi connectivity index (χ1n) is 4.74. The van der Waals surface area contributed by atoms with E-state index in [4.69, 9.17) is 0 Å². The van der Waals surface area contributed by atoms with Gasteiger partial charge in [-0.3, -0.25) is 4.79 Å². The smallest absolute Gasteiger partial charge is 0.294 e. The quantitative estimate of drug-likeness (QED) is 0.646. The lowest BCUT2D eigenvalue weighted by atomic mass is 10.0. The number of Topliss-reactive ketones (excluding diaryl/α,β-unsaturated/α-hetero) is 1. The number of ketones is 1. The zero-order valence-corrected chi connectivity index (χ0v) is 7.64. The second kappa shape index (κ2) is 2.43. The highest BCUT2D eigenvalue weighted by molar-refractivity contribution is 6.05. The minimum atomic E-state index is -4.31. The maximum atomic E-state index is 12.4. The van der Waals surface area contributed by atoms with E-state index in [2.05, 4.69) is 0 Å². The third-order valence-electron chi connectivity index (χ3n) is 3.17. The van der Waals surface area contributed by atoms with Gasteiger partial charge in [-0.05, 0) is 30.0 Å². The summed E-state index contributed by atoms with van der Waals surface area (Å²) in [6, 6.07) is 3.43. The fourth-order valence-electron chi connectivity index (χ4n) is 2.30. The van der Waals surface area contributed by atoms with Gasteiger partial charge in [-0.1, -0.05) is 6.07 Å². The minimum absolute atomic E-state index is 0.0173. The predicted octanol–water partition coefficient (Wildman–Crippen LogP) is 3.01. The van der Waals surface area contributed by atoms with Crippen molar-refractivity contribution in [2.24, 2.45) is 5.92 Å². The van der Waals surface area contributed by atoms with Crippen LogP contribution in [-0.4, -0.2) is 5.78 Å². The summed E-state index contributed by atoms with van der Waals surface area (Å²) in [7, 11) is 0. The van der Waals surface area contributed by atoms with E-state index in [0.29, 0.717) is 11.1 Å². The Labute approximate surface area is 83.9 Å². The molecule has 2 aliphatic carbocycles. The van der Waals surface area contributed by atoms with E-state index in [-0.39, 0.29) is 17.6 Å². The van der Waals surface area contributed by atoms with E-state index < -0.39 is 11.7 Å². The fourth-order valence-corrected chi connectivity index (χ4v) is 2.30. The first-order valence-corrected chi connectivity index (χ1v) is 4.74. The van der Waals surface area contributed by atoms with Crippen LogP contribution in [0.25, 0.3) is 0 Å². The molecule has 4 heteroatoms. The monoisotopic (exact) mass is 212 g/mol. The van der Waals surface area contributed by atoms with Gasteiger partial charge in [-0.25, -0.2) is 0 Å². The summed E-state index contributed by atoms with van der Waals surface area (Å²) in [6.07, 6.45) is -3.59. The van der Waals surface area contributed by atoms with Crippen molar-refractivity contribution in [1.29, 1.82) is 0 Å². The number of hydrogen-bond donors (Lipinski definition) is 0. The van der Waals surface area contributed by atoms with Gasteiger partial charge >= 0.3 is 6.18 Å². The Balaban J connectivity index is 2.12. The Kier molecular flexibility index (Phi) is 1.45. The lowest BCUT2D eigenvalue weighted by molar-refractivity contribution is -0.137. The third kappa shape index (κ3) is 1.14. The van der Waals surface area contributed by atoms with Crippen LogP contribution in [0.5, 0.6) is 0 Å². The van der Waals surface area contributed by atoms with Crippen molar-refractivity contribution in [3.63, 3.8) is 0 Å². The molecule has 0 heterocycles. The highest BCUT2D eigenvalue weighted by atomic mass is 19.4. The molecule has 15 heavy (non-hydrogen) atoms. The van der Waals surface area contributed by atoms with Crippen LogP contribution in [0.2, 0.25) is 0 Å². The molecule has 0 amide bonds. The van der Waals surface area contributed by atoms with Gasteiger partial charge in [0.15, 0.2) is 5.78 Å². The van der Waals surface area contributed by atoms with Crippen LogP contribution >= 0.6 is 0 Å². The number of benzene rings is 1. The number of hydrogen-bond acceptors (Lipinski definition) is 1. The Morgan fingerprint density at radius 2 is 1.93 bits per heavy atom. The zero-order valence-electron chi connectivity index (χ0n) is 7.64. The molecule has 2 atom stereocenters. The molecular weight excluding hydrogens is 205 g/mol. The molecule has 0 N–H and O–H groups in total. The van der Waals surface area contributed by atoms with Crippen molar-refractivity contribution in [1.82, 2.24) is 0 Å². The highest BCUT2D eigenvalue weighted by Crippen LogP contribution is 2.56. The Morgan fingerprint density at radius 3 is 2.60 bits per heavy atom. The summed E-state index contributed by atoms with van der Waals surface area (Å²) in [5.74, 6) is 0.0574. The molecule has 0 bridgehead atoms. The molecular formula is C11H7F3O. The van der Waals surface area contributed by atoms with Crippen LogP contribution in [0.15, 0.2) is 18.2 Å². The second-order valence-electron chi connectivity index (χ2n) is 4.11. The lowest BCUT2D eigenvalue weighted by Crippen LogP contribution is -2.06. The normalized spacial score (nSPS) is 27.5. The summed E-state index contributed by atoms with van der Waals surface area (Å²) < 4.78 is 37.2. The molecule has 0 aromatic heterocycles. The molecule has 1 nitrogen and oxygen atoms in total. The van der Waals surface area contributed by atoms with Gasteiger partial charge in [0, 0.05) is 11.5 Å². The van der Waals surface area contributed by atoms with Crippen molar-refractivity contribution in [3.05, 3.63) is 34.9 Å². The van der Waals surface area contributed by atoms with E-state index in [0.717, 1.165) is 18.6 Å². The first kappa shape index (κ1) is 8.95. The number of carbonyl (C=O) groups excluding carboxylic acids is 1. The van der Waals surface area contributed by atoms with Crippen LogP contribution in [0.1, 0.15) is 33.8 Å². The molecule has 0 spiro atoms. The highest BCUT2D eigenvalue weighted by Gasteiger charge is 2.52. The van der Waals surface area contributed by atoms with Crippen molar-refractivity contribution in [2.75, 3.05) is 0 Å². The summed E-state index contributed by atoms with van der Waals surface area (Å²) in [5.41, 5.74) is 0.436. The van der Waals surface area contributed by atoms with E-state index in [1.807, 2.05) is 0 Å². The summed E-state index contributed by atoms with van der Waals surface area (Å²) >= 11 is 0. The molecule has 2 aliphatic rings. The average molecular weight is 212 g/mol. The van der Waals surface area contributed by atoms with Gasteiger partial charge < -0.3 is 0 Å². The van der Waals surface area contributed by atoms with E-state index in [1.54, 1.807) is 0 Å². The Morgan fingerprint density at radius 1 is 1.20 bits per heavy atom. The van der Waals surface area contributed by atoms with Crippen LogP contribution < -0.4 is 0 Å². The maximum absolute atomic E-state index is 12.4. The zero-order chi connectivity index (χ0) is 10.8. The maximum Gasteiger partial charge on any atom is 0.416 e. The van der Waals surface area contributed by atoms with Gasteiger partial charge in [0.25, 0.3) is 0 Å². The molecule has 1 fully saturated rings. The minimum Gasteiger partial charge on any atom is -0.294 e. The van der Waals surface area contributed by atoms with Crippen LogP contribution in [0.3, 0.4) is 0 Å². The van der Waals surface area contributed by atoms with Gasteiger partial charge in [-0.15, -0.1) is 0 Å². The van der Waals surface area contributed by atoms with Crippen molar-refractivity contribution in [2.45, 2.75) is 18.5 Å². The largest absolute Gasteiger partial charge is 0.416 e. The lowest BCUT2D eigenvalue weighted by Gasteiger charge is -2.09. The Bertz CT molecular complexity index is 461. The number of rotatable bonds is 0. The molecule has 0 saturated heterocycles. The van der Waals surface area contributed by atoms with Crippen LogP contribution in [0.4, 0.5) is 13.2 Å². The standard InChI is InChI=1S/C11H7F3O/c12-11(13,14)5-1-2-6-7(3-5)8-4-9(8)10(6)15/h1-3,8-9H,4H2. The fraction of sp³-hybridized carbons (Fsp3) is 0.364. The molecule has 1 saturated carbocycles. The molecule has 0 radical (unpaired) electrons. The number of alkyl halides is 3. The SMILES string of the molecule is O=C1c2ccc(C(F)(F)F)cc2C2CC12. The van der Waals surface area contributed by atoms with Crippen LogP contribution in [0, 0.1) is 5.92 Å². The van der Waals surface area contributed by atoms with Gasteiger partial charge in [-0.2, -0.15) is 13.2 Å². The van der Waals surface area contributed by atoms with Crippen molar-refractivity contribution < 1.29 is 18.0 Å². The molecule has 3 rings (SSSR count). The van der Waals surface area contributed by atoms with E-state index in [9.17, 15) is 18.0 Å². The summed E-state index contributed by atoms with van der Waals surface area (Å²) in [4.78, 5) is 11.5. The summed E-state index contributed by atoms with van der Waals surface area (Å²) in [5, 5.41) is 0. The van der Waals surface area contributed by atoms with Gasteiger partial charge in [0.05, 0.1) is 5.56 Å². The van der Waals surface area contributed by atoms with Gasteiger partial charge in [0.1, 0.15) is 0 Å². The topological polar surface area (TPSA) is 17.1 Å². The predicted molar refractivity (Wildman–Crippen MR) is 46.6 cm³/mol. The average Bonchev–Trinajstić information content (AvgIpc) is 2.89. The van der Waals surface area contributed by atoms with Crippen molar-refractivity contribution in [3.8, 4) is 0 Å². The first-order chi connectivity index (χ1) is 6.98. The summed E-state index contributed by atoms with van der Waals surface area (Å²) in [6.45, 7) is 0. The number of halogens is 3. The van der Waals surface area contributed by atoms with Crippen LogP contribution in [-0.2, 0) is 6.18 Å². The number of carbonyl (C=O) groups is 1.